The second kappa shape index (κ2) is 7.17. The van der Waals surface area contributed by atoms with Crippen molar-refractivity contribution >= 4 is 55.8 Å². The van der Waals surface area contributed by atoms with Crippen LogP contribution in [0.5, 0.6) is 0 Å². The van der Waals surface area contributed by atoms with Gasteiger partial charge in [-0.1, -0.05) is 37.0 Å². The fraction of sp³-hybridized carbons (Fsp3) is 0.385. The average molecular weight is 387 g/mol. The van der Waals surface area contributed by atoms with E-state index in [0.717, 1.165) is 18.4 Å². The quantitative estimate of drug-likeness (QED) is 0.479. The van der Waals surface area contributed by atoms with Gasteiger partial charge in [0.25, 0.3) is 11.1 Å². The van der Waals surface area contributed by atoms with Crippen LogP contribution < -0.4 is 5.32 Å². The lowest BCUT2D eigenvalue weighted by Crippen LogP contribution is -2.35. The van der Waals surface area contributed by atoms with Crippen molar-refractivity contribution in [2.45, 2.75) is 24.2 Å². The fourth-order valence-corrected chi connectivity index (χ4v) is 3.17. The summed E-state index contributed by atoms with van der Waals surface area (Å²) in [6.45, 7) is 3.55. The highest BCUT2D eigenvalue weighted by molar-refractivity contribution is 7.90. The van der Waals surface area contributed by atoms with Gasteiger partial charge in [0.2, 0.25) is 0 Å². The van der Waals surface area contributed by atoms with Crippen molar-refractivity contribution in [3.63, 3.8) is 0 Å². The number of carbonyl (C=O) groups excluding carboxylic acids is 2. The number of hydrogen-bond donors (Lipinski definition) is 1. The Labute approximate surface area is 143 Å². The summed E-state index contributed by atoms with van der Waals surface area (Å²) in [7, 11) is -3.74. The summed E-state index contributed by atoms with van der Waals surface area (Å²) < 4.78 is 23.6. The molecule has 0 aliphatic carbocycles. The number of benzene rings is 1. The normalized spacial score (nSPS) is 13.0. The molecule has 0 aliphatic rings. The van der Waals surface area contributed by atoms with Gasteiger partial charge in [-0.15, -0.1) is 0 Å². The third-order valence-corrected chi connectivity index (χ3v) is 5.14. The maximum absolute atomic E-state index is 12.3. The monoisotopic (exact) mass is 385 g/mol. The molecule has 1 amide bonds. The van der Waals surface area contributed by atoms with Crippen LogP contribution in [-0.4, -0.2) is 31.3 Å². The van der Waals surface area contributed by atoms with Crippen LogP contribution in [0.3, 0.4) is 0 Å². The molecule has 0 saturated heterocycles. The van der Waals surface area contributed by atoms with Gasteiger partial charge in [0, 0.05) is 6.26 Å². The summed E-state index contributed by atoms with van der Waals surface area (Å²) in [5.41, 5.74) is -1.23. The Kier molecular flexibility index (Phi) is 6.27. The largest absolute Gasteiger partial charge is 0.335 e. The Hall–Kier alpha value is -0.820. The van der Waals surface area contributed by atoms with E-state index in [1.54, 1.807) is 13.8 Å². The number of nitrogens with one attached hydrogen (secondary N) is 1. The Bertz CT molecular complexity index is 716. The van der Waals surface area contributed by atoms with Crippen LogP contribution in [0.15, 0.2) is 17.0 Å². The van der Waals surface area contributed by atoms with Crippen LogP contribution in [0.2, 0.25) is 5.02 Å². The van der Waals surface area contributed by atoms with E-state index in [9.17, 15) is 18.0 Å². The summed E-state index contributed by atoms with van der Waals surface area (Å²) in [4.78, 5) is 23.3. The Balaban J connectivity index is 3.51. The third-order valence-electron chi connectivity index (χ3n) is 2.80. The topological polar surface area (TPSA) is 80.3 Å². The predicted molar refractivity (Wildman–Crippen MR) is 86.7 cm³/mol. The van der Waals surface area contributed by atoms with Crippen molar-refractivity contribution in [3.8, 4) is 0 Å². The van der Waals surface area contributed by atoms with E-state index in [-0.39, 0.29) is 27.0 Å². The van der Waals surface area contributed by atoms with Crippen LogP contribution in [0.4, 0.5) is 0 Å². The standard InChI is InChI=1S/C13H14Cl3NO4S/c1-6(2)11(15)17-13(19)9-8(22(3,20)21)5-4-7(10(9)14)12(16)18/h4-6,11H,1-3H3,(H,17,19). The molecule has 1 aromatic rings. The molecule has 22 heavy (non-hydrogen) atoms. The maximum atomic E-state index is 12.3. The maximum Gasteiger partial charge on any atom is 0.255 e. The molecule has 9 heteroatoms. The first kappa shape index (κ1) is 19.2. The van der Waals surface area contributed by atoms with Gasteiger partial charge in [-0.2, -0.15) is 0 Å². The molecule has 5 nitrogen and oxygen atoms in total. The van der Waals surface area contributed by atoms with Crippen LogP contribution in [-0.2, 0) is 9.84 Å². The first-order valence-corrected chi connectivity index (χ1v) is 9.22. The zero-order valence-electron chi connectivity index (χ0n) is 12.0. The molecule has 1 aromatic carbocycles. The van der Waals surface area contributed by atoms with E-state index in [1.165, 1.54) is 0 Å². The number of amides is 1. The second-order valence-electron chi connectivity index (χ2n) is 4.97. The number of hydrogen-bond acceptors (Lipinski definition) is 4. The third kappa shape index (κ3) is 4.35. The van der Waals surface area contributed by atoms with E-state index in [2.05, 4.69) is 5.32 Å². The van der Waals surface area contributed by atoms with Gasteiger partial charge in [-0.3, -0.25) is 9.59 Å². The van der Waals surface area contributed by atoms with Crippen LogP contribution in [0, 0.1) is 5.92 Å². The van der Waals surface area contributed by atoms with Gasteiger partial charge in [0.15, 0.2) is 9.84 Å². The molecule has 0 saturated carbocycles. The summed E-state index contributed by atoms with van der Waals surface area (Å²) in [5, 5.41) is 1.21. The van der Waals surface area contributed by atoms with E-state index < -0.39 is 26.5 Å². The number of halogens is 3. The molecule has 0 spiro atoms. The molecule has 0 fully saturated rings. The minimum atomic E-state index is -3.74. The van der Waals surface area contributed by atoms with Crippen LogP contribution in [0.1, 0.15) is 34.6 Å². The SMILES string of the molecule is CC(C)C(Cl)NC(=O)c1c(S(C)(=O)=O)ccc(C(=O)Cl)c1Cl. The lowest BCUT2D eigenvalue weighted by Gasteiger charge is -2.18. The molecule has 0 radical (unpaired) electrons. The minimum Gasteiger partial charge on any atom is -0.335 e. The summed E-state index contributed by atoms with van der Waals surface area (Å²) in [6, 6.07) is 2.27. The van der Waals surface area contributed by atoms with E-state index in [0.29, 0.717) is 0 Å². The van der Waals surface area contributed by atoms with E-state index in [4.69, 9.17) is 34.8 Å². The predicted octanol–water partition coefficient (Wildman–Crippen LogP) is 3.07. The number of alkyl halides is 1. The molecule has 1 atom stereocenters. The van der Waals surface area contributed by atoms with Crippen molar-refractivity contribution in [1.29, 1.82) is 0 Å². The first-order valence-electron chi connectivity index (χ1n) is 6.14. The van der Waals surface area contributed by atoms with Crippen molar-refractivity contribution in [1.82, 2.24) is 5.32 Å². The Morgan fingerprint density at radius 3 is 2.18 bits per heavy atom. The molecule has 1 rings (SSSR count). The van der Waals surface area contributed by atoms with Crippen molar-refractivity contribution < 1.29 is 18.0 Å². The van der Waals surface area contributed by atoms with Crippen molar-refractivity contribution in [3.05, 3.63) is 28.3 Å². The number of rotatable bonds is 5. The smallest absolute Gasteiger partial charge is 0.255 e. The molecule has 0 aromatic heterocycles. The molecular weight excluding hydrogens is 373 g/mol. The second-order valence-corrected chi connectivity index (χ2v) is 8.14. The van der Waals surface area contributed by atoms with E-state index in [1.807, 2.05) is 0 Å². The zero-order chi connectivity index (χ0) is 17.2. The molecule has 1 unspecified atom stereocenters. The minimum absolute atomic E-state index is 0.0936. The Morgan fingerprint density at radius 1 is 1.23 bits per heavy atom. The molecular formula is C13H14Cl3NO4S. The molecule has 0 heterocycles. The highest BCUT2D eigenvalue weighted by Crippen LogP contribution is 2.29. The van der Waals surface area contributed by atoms with Gasteiger partial charge in [-0.05, 0) is 29.7 Å². The molecule has 1 N–H and O–H groups in total. The Morgan fingerprint density at radius 2 is 1.77 bits per heavy atom. The lowest BCUT2D eigenvalue weighted by molar-refractivity contribution is 0.0939. The number of sulfone groups is 1. The van der Waals surface area contributed by atoms with Crippen molar-refractivity contribution in [2.75, 3.05) is 6.26 Å². The number of carbonyl (C=O) groups is 2. The van der Waals surface area contributed by atoms with Crippen LogP contribution in [0.25, 0.3) is 0 Å². The summed E-state index contributed by atoms with van der Waals surface area (Å²) >= 11 is 17.3. The van der Waals surface area contributed by atoms with Gasteiger partial charge < -0.3 is 5.32 Å². The van der Waals surface area contributed by atoms with Gasteiger partial charge >= 0.3 is 0 Å². The highest BCUT2D eigenvalue weighted by Gasteiger charge is 2.27. The fourth-order valence-electron chi connectivity index (χ4n) is 1.59. The molecule has 0 bridgehead atoms. The lowest BCUT2D eigenvalue weighted by atomic mass is 10.1. The van der Waals surface area contributed by atoms with Gasteiger partial charge in [0.1, 0.15) is 5.50 Å². The average Bonchev–Trinajstić information content (AvgIpc) is 2.36. The first-order chi connectivity index (χ1) is 9.96. The van der Waals surface area contributed by atoms with Crippen molar-refractivity contribution in [2.24, 2.45) is 5.92 Å². The molecule has 0 aliphatic heterocycles. The van der Waals surface area contributed by atoms with Gasteiger partial charge in [-0.25, -0.2) is 8.42 Å². The van der Waals surface area contributed by atoms with E-state index >= 15 is 0 Å². The summed E-state index contributed by atoms with van der Waals surface area (Å²) in [6.07, 6.45) is 0.929. The van der Waals surface area contributed by atoms with Crippen LogP contribution >= 0.6 is 34.8 Å². The zero-order valence-corrected chi connectivity index (χ0v) is 15.1. The highest BCUT2D eigenvalue weighted by atomic mass is 35.5. The molecule has 122 valence electrons. The van der Waals surface area contributed by atoms with Gasteiger partial charge in [0.05, 0.1) is 21.0 Å². The summed E-state index contributed by atoms with van der Waals surface area (Å²) in [5.74, 6) is -0.886.